The Morgan fingerprint density at radius 3 is 2.62 bits per heavy atom. The molecule has 0 spiro atoms. The fraction of sp³-hybridized carbons (Fsp3) is 0.143. The van der Waals surface area contributed by atoms with Crippen LogP contribution in [0, 0.1) is 6.92 Å². The second kappa shape index (κ2) is 6.36. The van der Waals surface area contributed by atoms with Crippen molar-refractivity contribution in [1.29, 1.82) is 0 Å². The Kier molecular flexibility index (Phi) is 4.93. The van der Waals surface area contributed by atoms with Crippen LogP contribution in [-0.4, -0.2) is 13.5 Å². The van der Waals surface area contributed by atoms with E-state index in [2.05, 4.69) is 20.7 Å². The number of benzene rings is 2. The molecule has 0 saturated heterocycles. The summed E-state index contributed by atoms with van der Waals surface area (Å²) in [5.74, 6) is 0. The zero-order valence-corrected chi connectivity index (χ0v) is 14.3. The van der Waals surface area contributed by atoms with E-state index in [1.165, 1.54) is 12.1 Å². The number of hydrogen-bond acceptors (Lipinski definition) is 3. The molecule has 0 atom stereocenters. The Balaban J connectivity index is 2.45. The van der Waals surface area contributed by atoms with Gasteiger partial charge in [0.05, 0.1) is 17.3 Å². The van der Waals surface area contributed by atoms with Gasteiger partial charge in [-0.2, -0.15) is 0 Å². The van der Waals surface area contributed by atoms with Crippen molar-refractivity contribution in [3.05, 3.63) is 57.0 Å². The highest BCUT2D eigenvalue weighted by atomic mass is 79.9. The standard InChI is InChI=1S/C14H13BrClNO3S/c1-9-2-4-11(15)13(6-9)17-21(19,20)14-7-10(8-18)3-5-12(14)16/h2-7,17-18H,8H2,1H3. The van der Waals surface area contributed by atoms with Crippen molar-refractivity contribution in [3.63, 3.8) is 0 Å². The van der Waals surface area contributed by atoms with Gasteiger partial charge in [0.15, 0.2) is 0 Å². The molecule has 2 rings (SSSR count). The van der Waals surface area contributed by atoms with Gasteiger partial charge in [-0.15, -0.1) is 0 Å². The number of rotatable bonds is 4. The highest BCUT2D eigenvalue weighted by Gasteiger charge is 2.19. The Morgan fingerprint density at radius 2 is 1.95 bits per heavy atom. The average molecular weight is 391 g/mol. The van der Waals surface area contributed by atoms with E-state index < -0.39 is 10.0 Å². The summed E-state index contributed by atoms with van der Waals surface area (Å²) in [4.78, 5) is -0.0656. The number of sulfonamides is 1. The average Bonchev–Trinajstić information content (AvgIpc) is 2.43. The lowest BCUT2D eigenvalue weighted by Gasteiger charge is -2.12. The normalized spacial score (nSPS) is 11.4. The molecule has 0 radical (unpaired) electrons. The molecule has 0 saturated carbocycles. The predicted octanol–water partition coefficient (Wildman–Crippen LogP) is 3.70. The number of aliphatic hydroxyl groups excluding tert-OH is 1. The molecule has 2 aromatic carbocycles. The highest BCUT2D eigenvalue weighted by Crippen LogP contribution is 2.29. The maximum atomic E-state index is 12.5. The van der Waals surface area contributed by atoms with Gasteiger partial charge < -0.3 is 5.11 Å². The van der Waals surface area contributed by atoms with E-state index in [0.717, 1.165) is 5.56 Å². The van der Waals surface area contributed by atoms with Gasteiger partial charge in [0, 0.05) is 4.47 Å². The van der Waals surface area contributed by atoms with Crippen LogP contribution in [0.2, 0.25) is 5.02 Å². The second-order valence-electron chi connectivity index (χ2n) is 4.51. The first-order valence-electron chi connectivity index (χ1n) is 6.02. The summed E-state index contributed by atoms with van der Waals surface area (Å²) >= 11 is 9.26. The van der Waals surface area contributed by atoms with Crippen LogP contribution in [0.4, 0.5) is 5.69 Å². The molecule has 0 bridgehead atoms. The minimum absolute atomic E-state index is 0.0656. The number of hydrogen-bond donors (Lipinski definition) is 2. The molecule has 2 aromatic rings. The minimum atomic E-state index is -3.84. The van der Waals surface area contributed by atoms with Gasteiger partial charge in [-0.3, -0.25) is 4.72 Å². The number of aryl methyl sites for hydroxylation is 1. The molecule has 0 aliphatic heterocycles. The first kappa shape index (κ1) is 16.3. The number of nitrogens with one attached hydrogen (secondary N) is 1. The number of halogens is 2. The van der Waals surface area contributed by atoms with Crippen molar-refractivity contribution in [3.8, 4) is 0 Å². The van der Waals surface area contributed by atoms with E-state index in [1.54, 1.807) is 18.2 Å². The largest absolute Gasteiger partial charge is 0.392 e. The van der Waals surface area contributed by atoms with Crippen molar-refractivity contribution in [1.82, 2.24) is 0 Å². The number of aliphatic hydroxyl groups is 1. The van der Waals surface area contributed by atoms with Crippen LogP contribution in [0.25, 0.3) is 0 Å². The van der Waals surface area contributed by atoms with Crippen molar-refractivity contribution in [2.75, 3.05) is 4.72 Å². The predicted molar refractivity (Wildman–Crippen MR) is 87.1 cm³/mol. The monoisotopic (exact) mass is 389 g/mol. The Labute approximate surface area is 136 Å². The summed E-state index contributed by atoms with van der Waals surface area (Å²) in [5, 5.41) is 9.22. The van der Waals surface area contributed by atoms with E-state index >= 15 is 0 Å². The zero-order valence-electron chi connectivity index (χ0n) is 11.1. The van der Waals surface area contributed by atoms with Crippen molar-refractivity contribution >= 4 is 43.2 Å². The molecule has 0 heterocycles. The molecule has 112 valence electrons. The maximum Gasteiger partial charge on any atom is 0.263 e. The molecule has 4 nitrogen and oxygen atoms in total. The van der Waals surface area contributed by atoms with E-state index in [1.807, 2.05) is 13.0 Å². The molecule has 0 aromatic heterocycles. The first-order chi connectivity index (χ1) is 9.83. The molecule has 0 aliphatic carbocycles. The summed E-state index contributed by atoms with van der Waals surface area (Å²) in [6.45, 7) is 1.61. The molecule has 2 N–H and O–H groups in total. The molecular formula is C14H13BrClNO3S. The second-order valence-corrected chi connectivity index (χ2v) is 7.42. The summed E-state index contributed by atoms with van der Waals surface area (Å²) in [6, 6.07) is 9.72. The van der Waals surface area contributed by atoms with Crippen LogP contribution >= 0.6 is 27.5 Å². The van der Waals surface area contributed by atoms with Crippen LogP contribution in [0.1, 0.15) is 11.1 Å². The highest BCUT2D eigenvalue weighted by molar-refractivity contribution is 9.10. The number of anilines is 1. The first-order valence-corrected chi connectivity index (χ1v) is 8.67. The van der Waals surface area contributed by atoms with Gasteiger partial charge >= 0.3 is 0 Å². The maximum absolute atomic E-state index is 12.5. The van der Waals surface area contributed by atoms with Crippen molar-refractivity contribution in [2.45, 2.75) is 18.4 Å². The minimum Gasteiger partial charge on any atom is -0.392 e. The third-order valence-corrected chi connectivity index (χ3v) is 5.37. The molecule has 0 fully saturated rings. The Bertz CT molecular complexity index is 778. The topological polar surface area (TPSA) is 66.4 Å². The third kappa shape index (κ3) is 3.77. The van der Waals surface area contributed by atoms with Gasteiger partial charge in [0.1, 0.15) is 4.90 Å². The third-order valence-electron chi connectivity index (χ3n) is 2.83. The summed E-state index contributed by atoms with van der Waals surface area (Å²) < 4.78 is 28.0. The van der Waals surface area contributed by atoms with Gasteiger partial charge in [-0.1, -0.05) is 23.7 Å². The van der Waals surface area contributed by atoms with Gasteiger partial charge in [-0.05, 0) is 58.2 Å². The van der Waals surface area contributed by atoms with E-state index in [9.17, 15) is 8.42 Å². The van der Waals surface area contributed by atoms with Crippen LogP contribution in [-0.2, 0) is 16.6 Å². The quantitative estimate of drug-likeness (QED) is 0.836. The lowest BCUT2D eigenvalue weighted by atomic mass is 10.2. The van der Waals surface area contributed by atoms with E-state index in [0.29, 0.717) is 15.7 Å². The molecule has 0 amide bonds. The fourth-order valence-electron chi connectivity index (χ4n) is 1.77. The van der Waals surface area contributed by atoms with E-state index in [4.69, 9.17) is 16.7 Å². The lowest BCUT2D eigenvalue weighted by Crippen LogP contribution is -2.14. The van der Waals surface area contributed by atoms with Gasteiger partial charge in [0.25, 0.3) is 10.0 Å². The van der Waals surface area contributed by atoms with Gasteiger partial charge in [-0.25, -0.2) is 8.42 Å². The van der Waals surface area contributed by atoms with Crippen molar-refractivity contribution in [2.24, 2.45) is 0 Å². The molecule has 0 unspecified atom stereocenters. The smallest absolute Gasteiger partial charge is 0.263 e. The van der Waals surface area contributed by atoms with Crippen LogP contribution in [0.15, 0.2) is 45.8 Å². The van der Waals surface area contributed by atoms with Crippen LogP contribution < -0.4 is 4.72 Å². The van der Waals surface area contributed by atoms with Crippen molar-refractivity contribution < 1.29 is 13.5 Å². The molecular weight excluding hydrogens is 378 g/mol. The fourth-order valence-corrected chi connectivity index (χ4v) is 3.87. The zero-order chi connectivity index (χ0) is 15.6. The Hall–Kier alpha value is -1.08. The van der Waals surface area contributed by atoms with Gasteiger partial charge in [0.2, 0.25) is 0 Å². The molecule has 7 heteroatoms. The molecule has 0 aliphatic rings. The Morgan fingerprint density at radius 1 is 1.24 bits per heavy atom. The summed E-state index contributed by atoms with van der Waals surface area (Å²) in [6.07, 6.45) is 0. The van der Waals surface area contributed by atoms with Crippen LogP contribution in [0.3, 0.4) is 0 Å². The van der Waals surface area contributed by atoms with Crippen LogP contribution in [0.5, 0.6) is 0 Å². The summed E-state index contributed by atoms with van der Waals surface area (Å²) in [7, 11) is -3.84. The molecule has 21 heavy (non-hydrogen) atoms. The summed E-state index contributed by atoms with van der Waals surface area (Å²) in [5.41, 5.74) is 1.83. The lowest BCUT2D eigenvalue weighted by molar-refractivity contribution is 0.281. The SMILES string of the molecule is Cc1ccc(Br)c(NS(=O)(=O)c2cc(CO)ccc2Cl)c1. The van der Waals surface area contributed by atoms with E-state index in [-0.39, 0.29) is 16.5 Å².